The minimum atomic E-state index is -0.401. The fraction of sp³-hybridized carbons (Fsp3) is 0.368. The number of carbonyl (C=O) groups excluding carboxylic acids is 2. The van der Waals surface area contributed by atoms with Crippen LogP contribution in [0.4, 0.5) is 5.69 Å². The van der Waals surface area contributed by atoms with Crippen LogP contribution in [0.1, 0.15) is 35.9 Å². The Morgan fingerprint density at radius 2 is 1.81 bits per heavy atom. The smallest absolute Gasteiger partial charge is 0.227 e. The van der Waals surface area contributed by atoms with Gasteiger partial charge in [-0.1, -0.05) is 36.9 Å². The normalized spacial score (nSPS) is 10.6. The van der Waals surface area contributed by atoms with E-state index in [4.69, 9.17) is 5.73 Å². The van der Waals surface area contributed by atoms with Crippen LogP contribution in [0, 0.1) is 13.8 Å². The molecule has 0 saturated carbocycles. The SMILES string of the molecule is CCc1ccccc1NC(=O)CCc1c(C)nc(SCC(N)=O)nc1C. The Morgan fingerprint density at radius 3 is 2.42 bits per heavy atom. The zero-order chi connectivity index (χ0) is 19.1. The van der Waals surface area contributed by atoms with Crippen molar-refractivity contribution in [2.75, 3.05) is 11.1 Å². The number of nitrogens with zero attached hydrogens (tertiary/aromatic N) is 2. The quantitative estimate of drug-likeness (QED) is 0.548. The van der Waals surface area contributed by atoms with Crippen LogP contribution in [0.25, 0.3) is 0 Å². The van der Waals surface area contributed by atoms with Crippen LogP contribution in [0.2, 0.25) is 0 Å². The van der Waals surface area contributed by atoms with E-state index in [2.05, 4.69) is 22.2 Å². The van der Waals surface area contributed by atoms with Gasteiger partial charge in [0, 0.05) is 23.5 Å². The van der Waals surface area contributed by atoms with Crippen LogP contribution in [0.15, 0.2) is 29.4 Å². The van der Waals surface area contributed by atoms with Crippen molar-refractivity contribution in [3.63, 3.8) is 0 Å². The maximum absolute atomic E-state index is 12.3. The fourth-order valence-electron chi connectivity index (χ4n) is 2.67. The van der Waals surface area contributed by atoms with E-state index in [0.717, 1.165) is 34.6 Å². The summed E-state index contributed by atoms with van der Waals surface area (Å²) in [5, 5.41) is 3.51. The third-order valence-electron chi connectivity index (χ3n) is 4.02. The van der Waals surface area contributed by atoms with Gasteiger partial charge in [-0.15, -0.1) is 0 Å². The molecule has 0 spiro atoms. The third-order valence-corrected chi connectivity index (χ3v) is 4.89. The van der Waals surface area contributed by atoms with Gasteiger partial charge < -0.3 is 11.1 Å². The lowest BCUT2D eigenvalue weighted by Gasteiger charge is -2.12. The number of nitrogens with one attached hydrogen (secondary N) is 1. The maximum atomic E-state index is 12.3. The number of para-hydroxylation sites is 1. The van der Waals surface area contributed by atoms with Gasteiger partial charge in [0.25, 0.3) is 0 Å². The fourth-order valence-corrected chi connectivity index (χ4v) is 3.35. The Balaban J connectivity index is 2.00. The molecule has 2 aromatic rings. The molecule has 1 aromatic heterocycles. The Hall–Kier alpha value is -2.41. The first-order valence-electron chi connectivity index (χ1n) is 8.53. The second kappa shape index (κ2) is 9.33. The Labute approximate surface area is 158 Å². The van der Waals surface area contributed by atoms with Gasteiger partial charge in [-0.25, -0.2) is 9.97 Å². The highest BCUT2D eigenvalue weighted by Gasteiger charge is 2.12. The van der Waals surface area contributed by atoms with Crippen molar-refractivity contribution in [3.8, 4) is 0 Å². The lowest BCUT2D eigenvalue weighted by Crippen LogP contribution is -2.15. The number of aryl methyl sites for hydroxylation is 3. The molecular formula is C19H24N4O2S. The van der Waals surface area contributed by atoms with Crippen LogP contribution in [-0.2, 0) is 22.4 Å². The predicted octanol–water partition coefficient (Wildman–Crippen LogP) is 2.80. The first kappa shape index (κ1) is 19.9. The average Bonchev–Trinajstić information content (AvgIpc) is 2.59. The van der Waals surface area contributed by atoms with Crippen molar-refractivity contribution in [3.05, 3.63) is 46.8 Å². The van der Waals surface area contributed by atoms with Crippen LogP contribution in [0.3, 0.4) is 0 Å². The molecular weight excluding hydrogens is 348 g/mol. The molecule has 2 rings (SSSR count). The molecule has 1 heterocycles. The topological polar surface area (TPSA) is 98.0 Å². The maximum Gasteiger partial charge on any atom is 0.227 e. The number of benzene rings is 1. The van der Waals surface area contributed by atoms with Crippen LogP contribution < -0.4 is 11.1 Å². The molecule has 0 fully saturated rings. The largest absolute Gasteiger partial charge is 0.369 e. The molecule has 0 radical (unpaired) electrons. The van der Waals surface area contributed by atoms with E-state index >= 15 is 0 Å². The highest BCUT2D eigenvalue weighted by atomic mass is 32.2. The minimum Gasteiger partial charge on any atom is -0.369 e. The summed E-state index contributed by atoms with van der Waals surface area (Å²) in [5.74, 6) is -0.281. The van der Waals surface area contributed by atoms with E-state index in [1.807, 2.05) is 38.1 Å². The van der Waals surface area contributed by atoms with E-state index < -0.39 is 5.91 Å². The van der Waals surface area contributed by atoms with Gasteiger partial charge in [0.15, 0.2) is 5.16 Å². The molecule has 0 saturated heterocycles. The Morgan fingerprint density at radius 1 is 1.15 bits per heavy atom. The summed E-state index contributed by atoms with van der Waals surface area (Å²) in [6, 6.07) is 7.82. The summed E-state index contributed by atoms with van der Waals surface area (Å²) in [5.41, 5.74) is 9.75. The van der Waals surface area contributed by atoms with E-state index in [0.29, 0.717) is 18.0 Å². The number of hydrogen-bond acceptors (Lipinski definition) is 5. The number of anilines is 1. The molecule has 7 heteroatoms. The lowest BCUT2D eigenvalue weighted by atomic mass is 10.1. The van der Waals surface area contributed by atoms with Gasteiger partial charge in [0.1, 0.15) is 0 Å². The van der Waals surface area contributed by atoms with Crippen LogP contribution in [0.5, 0.6) is 0 Å². The number of hydrogen-bond donors (Lipinski definition) is 2. The molecule has 0 aliphatic carbocycles. The Kier molecular flexibility index (Phi) is 7.15. The third kappa shape index (κ3) is 5.56. The highest BCUT2D eigenvalue weighted by Crippen LogP contribution is 2.20. The Bertz CT molecular complexity index is 785. The highest BCUT2D eigenvalue weighted by molar-refractivity contribution is 7.99. The summed E-state index contributed by atoms with van der Waals surface area (Å²) in [7, 11) is 0. The molecule has 2 amide bonds. The molecule has 0 unspecified atom stereocenters. The van der Waals surface area contributed by atoms with E-state index in [-0.39, 0.29) is 11.7 Å². The summed E-state index contributed by atoms with van der Waals surface area (Å²) in [6.45, 7) is 5.85. The number of amides is 2. The standard InChI is InChI=1S/C19H24N4O2S/c1-4-14-7-5-6-8-16(14)23-18(25)10-9-15-12(2)21-19(22-13(15)3)26-11-17(20)24/h5-8H,4,9-11H2,1-3H3,(H2,20,24)(H,23,25). The summed E-state index contributed by atoms with van der Waals surface area (Å²) in [4.78, 5) is 32.0. The molecule has 3 N–H and O–H groups in total. The first-order valence-corrected chi connectivity index (χ1v) is 9.52. The number of nitrogens with two attached hydrogens (primary N) is 1. The zero-order valence-corrected chi connectivity index (χ0v) is 16.2. The number of aromatic nitrogens is 2. The van der Waals surface area contributed by atoms with Gasteiger partial charge in [0.05, 0.1) is 5.75 Å². The van der Waals surface area contributed by atoms with Gasteiger partial charge in [0.2, 0.25) is 11.8 Å². The average molecular weight is 372 g/mol. The first-order chi connectivity index (χ1) is 12.4. The van der Waals surface area contributed by atoms with Gasteiger partial charge in [-0.3, -0.25) is 9.59 Å². The van der Waals surface area contributed by atoms with Crippen molar-refractivity contribution in [1.29, 1.82) is 0 Å². The van der Waals surface area contributed by atoms with Crippen LogP contribution in [-0.4, -0.2) is 27.5 Å². The minimum absolute atomic E-state index is 0.0307. The summed E-state index contributed by atoms with van der Waals surface area (Å²) >= 11 is 1.22. The van der Waals surface area contributed by atoms with E-state index in [1.165, 1.54) is 11.8 Å². The number of rotatable bonds is 8. The van der Waals surface area contributed by atoms with Crippen molar-refractivity contribution < 1.29 is 9.59 Å². The van der Waals surface area contributed by atoms with Crippen molar-refractivity contribution in [1.82, 2.24) is 9.97 Å². The van der Waals surface area contributed by atoms with Crippen molar-refractivity contribution in [2.24, 2.45) is 5.73 Å². The molecule has 6 nitrogen and oxygen atoms in total. The van der Waals surface area contributed by atoms with Gasteiger partial charge in [-0.2, -0.15) is 0 Å². The van der Waals surface area contributed by atoms with E-state index in [1.54, 1.807) is 0 Å². The van der Waals surface area contributed by atoms with Gasteiger partial charge >= 0.3 is 0 Å². The monoisotopic (exact) mass is 372 g/mol. The second-order valence-electron chi connectivity index (χ2n) is 5.97. The number of thioether (sulfide) groups is 1. The van der Waals surface area contributed by atoms with Crippen molar-refractivity contribution in [2.45, 2.75) is 45.2 Å². The molecule has 0 atom stereocenters. The molecule has 26 heavy (non-hydrogen) atoms. The number of carbonyl (C=O) groups is 2. The van der Waals surface area contributed by atoms with E-state index in [9.17, 15) is 9.59 Å². The number of primary amides is 1. The molecule has 138 valence electrons. The molecule has 1 aromatic carbocycles. The van der Waals surface area contributed by atoms with Gasteiger partial charge in [-0.05, 0) is 43.9 Å². The van der Waals surface area contributed by atoms with Crippen molar-refractivity contribution >= 4 is 29.3 Å². The predicted molar refractivity (Wildman–Crippen MR) is 104 cm³/mol. The lowest BCUT2D eigenvalue weighted by molar-refractivity contribution is -0.116. The molecule has 0 aliphatic heterocycles. The van der Waals surface area contributed by atoms with Crippen LogP contribution >= 0.6 is 11.8 Å². The molecule has 0 bridgehead atoms. The second-order valence-corrected chi connectivity index (χ2v) is 6.91. The summed E-state index contributed by atoms with van der Waals surface area (Å²) < 4.78 is 0. The molecule has 0 aliphatic rings. The zero-order valence-electron chi connectivity index (χ0n) is 15.3. The summed E-state index contributed by atoms with van der Waals surface area (Å²) in [6.07, 6.45) is 1.79.